The molecule has 2 aliphatic rings. The number of nitrogens with one attached hydrogen (secondary N) is 1. The van der Waals surface area contributed by atoms with Crippen LogP contribution < -0.4 is 5.32 Å². The van der Waals surface area contributed by atoms with Crippen molar-refractivity contribution in [3.05, 3.63) is 53.8 Å². The Kier molecular flexibility index (Phi) is 4.42. The van der Waals surface area contributed by atoms with E-state index in [4.69, 9.17) is 0 Å². The predicted molar refractivity (Wildman–Crippen MR) is 98.9 cm³/mol. The third-order valence-electron chi connectivity index (χ3n) is 4.23. The van der Waals surface area contributed by atoms with Crippen molar-refractivity contribution in [2.45, 2.75) is 19.3 Å². The number of anilines is 1. The lowest BCUT2D eigenvalue weighted by Crippen LogP contribution is -2.37. The van der Waals surface area contributed by atoms with Crippen molar-refractivity contribution in [2.24, 2.45) is 4.40 Å². The third kappa shape index (κ3) is 3.68. The molecule has 8 heteroatoms. The van der Waals surface area contributed by atoms with E-state index in [1.807, 2.05) is 26.0 Å². The molecule has 1 aromatic carbocycles. The molecule has 1 aromatic rings. The van der Waals surface area contributed by atoms with Gasteiger partial charge < -0.3 is 10.2 Å². The smallest absolute Gasteiger partial charge is 0.257 e. The fraction of sp³-hybridized carbons (Fsp3) is 0.278. The molecule has 3 rings (SSSR count). The summed E-state index contributed by atoms with van der Waals surface area (Å²) >= 11 is 0. The fourth-order valence-corrected chi connectivity index (χ4v) is 3.54. The van der Waals surface area contributed by atoms with Gasteiger partial charge in [0.15, 0.2) is 0 Å². The first-order valence-corrected chi connectivity index (χ1v) is 9.63. The summed E-state index contributed by atoms with van der Waals surface area (Å²) < 4.78 is 26.7. The number of carbonyl (C=O) groups excluding carboxylic acids is 1. The van der Waals surface area contributed by atoms with Crippen LogP contribution in [0, 0.1) is 11.3 Å². The molecule has 0 fully saturated rings. The summed E-state index contributed by atoms with van der Waals surface area (Å²) in [4.78, 5) is 14.1. The Morgan fingerprint density at radius 2 is 1.96 bits per heavy atom. The van der Waals surface area contributed by atoms with E-state index in [1.165, 1.54) is 6.08 Å². The number of amidine groups is 1. The van der Waals surface area contributed by atoms with E-state index in [9.17, 15) is 18.5 Å². The van der Waals surface area contributed by atoms with E-state index < -0.39 is 15.4 Å². The van der Waals surface area contributed by atoms with Gasteiger partial charge in [0.2, 0.25) is 0 Å². The molecule has 7 nitrogen and oxygen atoms in total. The summed E-state index contributed by atoms with van der Waals surface area (Å²) in [5.74, 6) is -0.0665. The average Bonchev–Trinajstić information content (AvgIpc) is 2.61. The van der Waals surface area contributed by atoms with Crippen LogP contribution in [0.5, 0.6) is 0 Å². The normalized spacial score (nSPS) is 18.3. The molecule has 2 heterocycles. The van der Waals surface area contributed by atoms with Crippen molar-refractivity contribution in [3.8, 4) is 6.07 Å². The van der Waals surface area contributed by atoms with E-state index >= 15 is 0 Å². The molecule has 0 saturated heterocycles. The lowest BCUT2D eigenvalue weighted by Gasteiger charge is -2.27. The second-order valence-corrected chi connectivity index (χ2v) is 8.37. The van der Waals surface area contributed by atoms with Crippen molar-refractivity contribution >= 4 is 27.5 Å². The van der Waals surface area contributed by atoms with Crippen LogP contribution in [0.15, 0.2) is 52.6 Å². The van der Waals surface area contributed by atoms with Crippen molar-refractivity contribution in [1.29, 1.82) is 5.26 Å². The number of amides is 1. The van der Waals surface area contributed by atoms with Crippen LogP contribution >= 0.6 is 0 Å². The van der Waals surface area contributed by atoms with Crippen molar-refractivity contribution in [2.75, 3.05) is 17.6 Å². The Morgan fingerprint density at radius 1 is 1.27 bits per heavy atom. The summed E-state index contributed by atoms with van der Waals surface area (Å²) in [6.07, 6.45) is 4.65. The number of rotatable bonds is 3. The highest BCUT2D eigenvalue weighted by molar-refractivity contribution is 7.90. The summed E-state index contributed by atoms with van der Waals surface area (Å²) in [5.41, 5.74) is 1.29. The summed E-state index contributed by atoms with van der Waals surface area (Å²) in [6, 6.07) is 9.36. The summed E-state index contributed by atoms with van der Waals surface area (Å²) in [6.45, 7) is 3.92. The highest BCUT2D eigenvalue weighted by atomic mass is 32.2. The maximum Gasteiger partial charge on any atom is 0.257 e. The second-order valence-electron chi connectivity index (χ2n) is 6.61. The maximum atomic E-state index is 12.4. The molecule has 134 valence electrons. The Balaban J connectivity index is 1.73. The highest BCUT2D eigenvalue weighted by Crippen LogP contribution is 2.24. The molecule has 0 aliphatic carbocycles. The third-order valence-corrected chi connectivity index (χ3v) is 5.39. The number of benzene rings is 1. The summed E-state index contributed by atoms with van der Waals surface area (Å²) in [5, 5.41) is 12.0. The minimum atomic E-state index is -3.42. The predicted octanol–water partition coefficient (Wildman–Crippen LogP) is 1.92. The van der Waals surface area contributed by atoms with E-state index in [-0.39, 0.29) is 18.2 Å². The molecule has 0 saturated carbocycles. The van der Waals surface area contributed by atoms with E-state index in [2.05, 4.69) is 15.8 Å². The standard InChI is InChI=1S/C18H18N4O3S/c1-18(2,12-19)14-4-6-15(7-5-14)20-17(23)13-3-8-16-21-26(24,25)10-9-22(16)11-13/h3-8,11H,9-10H2,1-2H3,(H,20,23). The molecule has 1 amide bonds. The molecule has 26 heavy (non-hydrogen) atoms. The lowest BCUT2D eigenvalue weighted by molar-refractivity contribution is -0.112. The molecule has 1 N–H and O–H groups in total. The number of hydrogen-bond acceptors (Lipinski definition) is 5. The van der Waals surface area contributed by atoms with Crippen molar-refractivity contribution in [3.63, 3.8) is 0 Å². The van der Waals surface area contributed by atoms with Gasteiger partial charge in [-0.3, -0.25) is 4.79 Å². The molecule has 0 unspecified atom stereocenters. The van der Waals surface area contributed by atoms with Gasteiger partial charge in [0.25, 0.3) is 15.9 Å². The van der Waals surface area contributed by atoms with Crippen LogP contribution in [0.2, 0.25) is 0 Å². The molecule has 0 aromatic heterocycles. The second kappa shape index (κ2) is 6.42. The minimum Gasteiger partial charge on any atom is -0.330 e. The number of nitrogens with zero attached hydrogens (tertiary/aromatic N) is 3. The van der Waals surface area contributed by atoms with Gasteiger partial charge in [0, 0.05) is 18.4 Å². The van der Waals surface area contributed by atoms with Gasteiger partial charge in [0.1, 0.15) is 5.84 Å². The Labute approximate surface area is 152 Å². The van der Waals surface area contributed by atoms with Crippen LogP contribution in [0.25, 0.3) is 0 Å². The molecule has 0 atom stereocenters. The number of sulfonamides is 1. The van der Waals surface area contributed by atoms with Gasteiger partial charge in [0.05, 0.1) is 22.8 Å². The quantitative estimate of drug-likeness (QED) is 0.876. The van der Waals surface area contributed by atoms with Crippen LogP contribution in [-0.2, 0) is 20.2 Å². The van der Waals surface area contributed by atoms with Crippen LogP contribution in [-0.4, -0.2) is 37.4 Å². The van der Waals surface area contributed by atoms with Gasteiger partial charge in [-0.25, -0.2) is 8.42 Å². The first-order valence-electron chi connectivity index (χ1n) is 8.02. The molecular weight excluding hydrogens is 352 g/mol. The zero-order valence-corrected chi connectivity index (χ0v) is 15.2. The zero-order valence-electron chi connectivity index (χ0n) is 14.4. The largest absolute Gasteiger partial charge is 0.330 e. The Bertz CT molecular complexity index is 980. The van der Waals surface area contributed by atoms with E-state index in [0.29, 0.717) is 17.1 Å². The fourth-order valence-electron chi connectivity index (χ4n) is 2.57. The monoisotopic (exact) mass is 370 g/mol. The van der Waals surface area contributed by atoms with Crippen LogP contribution in [0.3, 0.4) is 0 Å². The zero-order chi connectivity index (χ0) is 18.9. The van der Waals surface area contributed by atoms with Gasteiger partial charge in [-0.2, -0.15) is 5.26 Å². The molecule has 0 radical (unpaired) electrons. The first-order chi connectivity index (χ1) is 12.2. The molecule has 0 spiro atoms. The Hall–Kier alpha value is -2.92. The van der Waals surface area contributed by atoms with Gasteiger partial charge in [-0.05, 0) is 43.7 Å². The van der Waals surface area contributed by atoms with Crippen LogP contribution in [0.4, 0.5) is 5.69 Å². The number of carbonyl (C=O) groups is 1. The Morgan fingerprint density at radius 3 is 2.62 bits per heavy atom. The molecular formula is C18H18N4O3S. The number of nitriles is 1. The summed E-state index contributed by atoms with van der Waals surface area (Å²) in [7, 11) is -3.42. The topological polar surface area (TPSA) is 103 Å². The van der Waals surface area contributed by atoms with Crippen LogP contribution in [0.1, 0.15) is 19.4 Å². The SMILES string of the molecule is CC(C)(C#N)c1ccc(NC(=O)C2=CN3CCS(=O)(=O)N=C3C=C2)cc1. The van der Waals surface area contributed by atoms with Gasteiger partial charge >= 0.3 is 0 Å². The minimum absolute atomic E-state index is 0.0775. The number of hydrogen-bond donors (Lipinski definition) is 1. The van der Waals surface area contributed by atoms with E-state index in [1.54, 1.807) is 29.3 Å². The average molecular weight is 370 g/mol. The highest BCUT2D eigenvalue weighted by Gasteiger charge is 2.25. The van der Waals surface area contributed by atoms with Gasteiger partial charge in [-0.1, -0.05) is 12.1 Å². The van der Waals surface area contributed by atoms with E-state index in [0.717, 1.165) is 5.56 Å². The van der Waals surface area contributed by atoms with Gasteiger partial charge in [-0.15, -0.1) is 4.40 Å². The number of fused-ring (bicyclic) bond motifs is 1. The molecule has 2 aliphatic heterocycles. The first kappa shape index (κ1) is 17.9. The maximum absolute atomic E-state index is 12.4. The molecule has 0 bridgehead atoms. The lowest BCUT2D eigenvalue weighted by atomic mass is 9.86. The van der Waals surface area contributed by atoms with Crippen molar-refractivity contribution < 1.29 is 13.2 Å². The van der Waals surface area contributed by atoms with Crippen molar-refractivity contribution in [1.82, 2.24) is 4.90 Å².